The molecule has 0 spiro atoms. The van der Waals surface area contributed by atoms with Gasteiger partial charge in [-0.25, -0.2) is 17.9 Å². The van der Waals surface area contributed by atoms with Gasteiger partial charge in [0.05, 0.1) is 5.56 Å². The SMILES string of the molecule is N#Cc1ccc(Cl)cc1S(=O)(=O)NCCC(O)C(=O)O. The third-order valence-electron chi connectivity index (χ3n) is 2.35. The Hall–Kier alpha value is -1.66. The Balaban J connectivity index is 2.87. The Bertz CT molecular complexity index is 653. The molecule has 1 unspecified atom stereocenters. The lowest BCUT2D eigenvalue weighted by atomic mass is 10.2. The summed E-state index contributed by atoms with van der Waals surface area (Å²) < 4.78 is 26.0. The van der Waals surface area contributed by atoms with Crippen molar-refractivity contribution < 1.29 is 23.4 Å². The highest BCUT2D eigenvalue weighted by Gasteiger charge is 2.20. The molecule has 0 radical (unpaired) electrons. The van der Waals surface area contributed by atoms with Crippen LogP contribution in [0.2, 0.25) is 5.02 Å². The number of nitrogens with one attached hydrogen (secondary N) is 1. The highest BCUT2D eigenvalue weighted by Crippen LogP contribution is 2.20. The smallest absolute Gasteiger partial charge is 0.332 e. The van der Waals surface area contributed by atoms with Gasteiger partial charge in [-0.3, -0.25) is 0 Å². The van der Waals surface area contributed by atoms with Crippen molar-refractivity contribution >= 4 is 27.6 Å². The fraction of sp³-hybridized carbons (Fsp3) is 0.273. The van der Waals surface area contributed by atoms with E-state index in [1.807, 2.05) is 0 Å². The van der Waals surface area contributed by atoms with Gasteiger partial charge < -0.3 is 10.2 Å². The van der Waals surface area contributed by atoms with Gasteiger partial charge in [-0.05, 0) is 24.6 Å². The largest absolute Gasteiger partial charge is 0.479 e. The minimum Gasteiger partial charge on any atom is -0.479 e. The second-order valence-corrected chi connectivity index (χ2v) is 5.96. The molecule has 1 aromatic carbocycles. The summed E-state index contributed by atoms with van der Waals surface area (Å²) >= 11 is 5.69. The van der Waals surface area contributed by atoms with Crippen LogP contribution in [0.4, 0.5) is 0 Å². The van der Waals surface area contributed by atoms with Crippen LogP contribution in [0.1, 0.15) is 12.0 Å². The Morgan fingerprint density at radius 1 is 1.50 bits per heavy atom. The van der Waals surface area contributed by atoms with Gasteiger partial charge in [0.25, 0.3) is 0 Å². The average Bonchev–Trinajstić information content (AvgIpc) is 2.38. The molecule has 20 heavy (non-hydrogen) atoms. The quantitative estimate of drug-likeness (QED) is 0.693. The number of halogens is 1. The van der Waals surface area contributed by atoms with Crippen LogP contribution in [0, 0.1) is 11.3 Å². The maximum atomic E-state index is 12.0. The fourth-order valence-corrected chi connectivity index (χ4v) is 2.81. The van der Waals surface area contributed by atoms with Crippen LogP contribution in [0.3, 0.4) is 0 Å². The van der Waals surface area contributed by atoms with Gasteiger partial charge in [0.1, 0.15) is 11.0 Å². The summed E-state index contributed by atoms with van der Waals surface area (Å²) in [4.78, 5) is 10.1. The summed E-state index contributed by atoms with van der Waals surface area (Å²) in [6.07, 6.45) is -1.95. The van der Waals surface area contributed by atoms with E-state index in [0.29, 0.717) is 0 Å². The summed E-state index contributed by atoms with van der Waals surface area (Å²) in [7, 11) is -4.01. The Kier molecular flexibility index (Phi) is 5.47. The number of carboxylic acids is 1. The summed E-state index contributed by atoms with van der Waals surface area (Å²) in [5.41, 5.74) is -0.0827. The van der Waals surface area contributed by atoms with Crippen molar-refractivity contribution in [2.24, 2.45) is 0 Å². The molecule has 0 aliphatic rings. The first kappa shape index (κ1) is 16.4. The van der Waals surface area contributed by atoms with E-state index in [-0.39, 0.29) is 28.4 Å². The maximum absolute atomic E-state index is 12.0. The predicted octanol–water partition coefficient (Wildman–Crippen LogP) is 0.326. The number of carboxylic acid groups (broad SMARTS) is 1. The summed E-state index contributed by atoms with van der Waals surface area (Å²) in [6.45, 7) is -0.285. The van der Waals surface area contributed by atoms with E-state index < -0.39 is 22.1 Å². The molecule has 7 nitrogen and oxygen atoms in total. The van der Waals surface area contributed by atoms with Crippen LogP contribution < -0.4 is 4.72 Å². The molecule has 0 amide bonds. The highest BCUT2D eigenvalue weighted by atomic mass is 35.5. The van der Waals surface area contributed by atoms with Crippen LogP contribution in [-0.2, 0) is 14.8 Å². The highest BCUT2D eigenvalue weighted by molar-refractivity contribution is 7.89. The first-order valence-electron chi connectivity index (χ1n) is 5.38. The lowest BCUT2D eigenvalue weighted by molar-refractivity contribution is -0.146. The van der Waals surface area contributed by atoms with Gasteiger partial charge in [0.2, 0.25) is 10.0 Å². The van der Waals surface area contributed by atoms with Gasteiger partial charge in [-0.2, -0.15) is 5.26 Å². The monoisotopic (exact) mass is 318 g/mol. The van der Waals surface area contributed by atoms with Gasteiger partial charge in [0, 0.05) is 11.6 Å². The van der Waals surface area contributed by atoms with Crippen molar-refractivity contribution in [2.45, 2.75) is 17.4 Å². The number of hydrogen-bond donors (Lipinski definition) is 3. The molecular formula is C11H11ClN2O5S. The molecule has 3 N–H and O–H groups in total. The number of aliphatic carboxylic acids is 1. The minimum absolute atomic E-state index is 0.0827. The Labute approximate surface area is 120 Å². The van der Waals surface area contributed by atoms with E-state index in [0.717, 1.165) is 6.07 Å². The van der Waals surface area contributed by atoms with Crippen LogP contribution in [-0.4, -0.2) is 37.2 Å². The Morgan fingerprint density at radius 2 is 2.15 bits per heavy atom. The predicted molar refractivity (Wildman–Crippen MR) is 69.6 cm³/mol. The molecule has 0 aliphatic carbocycles. The number of carbonyl (C=O) groups is 1. The number of aliphatic hydroxyl groups excluding tert-OH is 1. The zero-order chi connectivity index (χ0) is 15.3. The molecule has 0 aliphatic heterocycles. The van der Waals surface area contributed by atoms with Crippen molar-refractivity contribution in [3.8, 4) is 6.07 Å². The van der Waals surface area contributed by atoms with Crippen molar-refractivity contribution in [2.75, 3.05) is 6.54 Å². The molecular weight excluding hydrogens is 308 g/mol. The number of benzene rings is 1. The second kappa shape index (κ2) is 6.67. The molecule has 0 saturated heterocycles. The van der Waals surface area contributed by atoms with Crippen LogP contribution in [0.25, 0.3) is 0 Å². The lowest BCUT2D eigenvalue weighted by Gasteiger charge is -2.09. The van der Waals surface area contributed by atoms with Gasteiger partial charge in [-0.15, -0.1) is 0 Å². The lowest BCUT2D eigenvalue weighted by Crippen LogP contribution is -2.30. The molecule has 1 aromatic rings. The molecule has 1 atom stereocenters. The minimum atomic E-state index is -4.01. The number of nitrogens with zero attached hydrogens (tertiary/aromatic N) is 1. The number of sulfonamides is 1. The first-order valence-corrected chi connectivity index (χ1v) is 7.24. The first-order chi connectivity index (χ1) is 9.27. The molecule has 0 heterocycles. The summed E-state index contributed by atoms with van der Waals surface area (Å²) in [5, 5.41) is 26.5. The van der Waals surface area contributed by atoms with Gasteiger partial charge in [-0.1, -0.05) is 11.6 Å². The summed E-state index contributed by atoms with van der Waals surface area (Å²) in [6, 6.07) is 5.50. The third kappa shape index (κ3) is 4.18. The number of rotatable bonds is 6. The van der Waals surface area contributed by atoms with Crippen LogP contribution >= 0.6 is 11.6 Å². The average molecular weight is 319 g/mol. The molecule has 0 aromatic heterocycles. The van der Waals surface area contributed by atoms with Crippen LogP contribution in [0.5, 0.6) is 0 Å². The zero-order valence-corrected chi connectivity index (χ0v) is 11.6. The molecule has 0 saturated carbocycles. The molecule has 1 rings (SSSR count). The maximum Gasteiger partial charge on any atom is 0.332 e. The molecule has 0 bridgehead atoms. The van der Waals surface area contributed by atoms with E-state index in [1.165, 1.54) is 12.1 Å². The van der Waals surface area contributed by atoms with E-state index in [4.69, 9.17) is 27.1 Å². The van der Waals surface area contributed by atoms with E-state index >= 15 is 0 Å². The number of hydrogen-bond acceptors (Lipinski definition) is 5. The summed E-state index contributed by atoms with van der Waals surface area (Å²) in [5.74, 6) is -1.44. The number of aliphatic hydroxyl groups is 1. The van der Waals surface area contributed by atoms with Gasteiger partial charge in [0.15, 0.2) is 6.10 Å². The van der Waals surface area contributed by atoms with Gasteiger partial charge >= 0.3 is 5.97 Å². The molecule has 0 fully saturated rings. The topological polar surface area (TPSA) is 127 Å². The van der Waals surface area contributed by atoms with E-state index in [1.54, 1.807) is 6.07 Å². The Morgan fingerprint density at radius 3 is 2.70 bits per heavy atom. The standard InChI is InChI=1S/C11H11ClN2O5S/c12-8-2-1-7(6-13)10(5-8)20(18,19)14-4-3-9(15)11(16)17/h1-2,5,9,14-15H,3-4H2,(H,16,17). The van der Waals surface area contributed by atoms with Crippen molar-refractivity contribution in [3.05, 3.63) is 28.8 Å². The third-order valence-corrected chi connectivity index (χ3v) is 4.08. The fourth-order valence-electron chi connectivity index (χ4n) is 1.34. The van der Waals surface area contributed by atoms with E-state index in [9.17, 15) is 13.2 Å². The van der Waals surface area contributed by atoms with Crippen molar-refractivity contribution in [1.29, 1.82) is 5.26 Å². The molecule has 108 valence electrons. The zero-order valence-electron chi connectivity index (χ0n) is 10.1. The second-order valence-electron chi connectivity index (χ2n) is 3.79. The molecule has 9 heteroatoms. The van der Waals surface area contributed by atoms with Crippen molar-refractivity contribution in [1.82, 2.24) is 4.72 Å². The van der Waals surface area contributed by atoms with Crippen molar-refractivity contribution in [3.63, 3.8) is 0 Å². The van der Waals surface area contributed by atoms with Crippen LogP contribution in [0.15, 0.2) is 23.1 Å². The number of nitriles is 1. The van der Waals surface area contributed by atoms with E-state index in [2.05, 4.69) is 4.72 Å². The normalized spacial score (nSPS) is 12.7.